The lowest BCUT2D eigenvalue weighted by Crippen LogP contribution is -2.44. The largest absolute Gasteiger partial charge is 0.379 e. The first-order valence-corrected chi connectivity index (χ1v) is 10.3. The summed E-state index contributed by atoms with van der Waals surface area (Å²) in [4.78, 5) is 15.2. The third kappa shape index (κ3) is 4.52. The highest BCUT2D eigenvalue weighted by atomic mass is 16.5. The summed E-state index contributed by atoms with van der Waals surface area (Å²) in [6.07, 6.45) is 0. The molecule has 1 aromatic heterocycles. The number of carbonyl (C=O) groups is 1. The molecular weight excluding hydrogens is 362 g/mol. The van der Waals surface area contributed by atoms with E-state index in [4.69, 9.17) is 4.74 Å². The Kier molecular flexibility index (Phi) is 5.97. The summed E-state index contributed by atoms with van der Waals surface area (Å²) in [5.41, 5.74) is 4.68. The third-order valence-corrected chi connectivity index (χ3v) is 5.73. The molecule has 0 aliphatic carbocycles. The van der Waals surface area contributed by atoms with Gasteiger partial charge in [-0.1, -0.05) is 48.0 Å². The topological polar surface area (TPSA) is 46.5 Å². The van der Waals surface area contributed by atoms with Crippen molar-refractivity contribution in [1.29, 1.82) is 0 Å². The van der Waals surface area contributed by atoms with E-state index in [0.29, 0.717) is 13.1 Å². The molecule has 1 atom stereocenters. The van der Waals surface area contributed by atoms with E-state index in [9.17, 15) is 4.79 Å². The van der Waals surface area contributed by atoms with Gasteiger partial charge in [0.25, 0.3) is 0 Å². The van der Waals surface area contributed by atoms with Crippen LogP contribution in [-0.4, -0.2) is 48.2 Å². The van der Waals surface area contributed by atoms with Gasteiger partial charge in [0.15, 0.2) is 0 Å². The van der Waals surface area contributed by atoms with Crippen LogP contribution < -0.4 is 5.32 Å². The SMILES string of the molecule is Cc1cccc([C@@H](CNC(=O)Cn2c(C)cc3ccccc32)N2CCOCC2)c1. The zero-order valence-electron chi connectivity index (χ0n) is 17.2. The number of morpholine rings is 1. The molecule has 152 valence electrons. The zero-order chi connectivity index (χ0) is 20.2. The van der Waals surface area contributed by atoms with E-state index in [-0.39, 0.29) is 11.9 Å². The van der Waals surface area contributed by atoms with Crippen molar-refractivity contribution < 1.29 is 9.53 Å². The van der Waals surface area contributed by atoms with Gasteiger partial charge in [-0.25, -0.2) is 0 Å². The molecule has 0 radical (unpaired) electrons. The molecule has 3 aromatic rings. The first kappa shape index (κ1) is 19.7. The van der Waals surface area contributed by atoms with Crippen molar-refractivity contribution in [3.8, 4) is 0 Å². The summed E-state index contributed by atoms with van der Waals surface area (Å²) >= 11 is 0. The van der Waals surface area contributed by atoms with Gasteiger partial charge in [-0.3, -0.25) is 9.69 Å². The fraction of sp³-hybridized carbons (Fsp3) is 0.375. The summed E-state index contributed by atoms with van der Waals surface area (Å²) in [5, 5.41) is 4.36. The van der Waals surface area contributed by atoms with E-state index >= 15 is 0 Å². The van der Waals surface area contributed by atoms with Gasteiger partial charge in [0, 0.05) is 30.8 Å². The van der Waals surface area contributed by atoms with Gasteiger partial charge >= 0.3 is 0 Å². The van der Waals surface area contributed by atoms with E-state index < -0.39 is 0 Å². The van der Waals surface area contributed by atoms with E-state index in [2.05, 4.69) is 71.1 Å². The number of fused-ring (bicyclic) bond motifs is 1. The molecule has 2 heterocycles. The highest BCUT2D eigenvalue weighted by Gasteiger charge is 2.23. The van der Waals surface area contributed by atoms with Crippen molar-refractivity contribution >= 4 is 16.8 Å². The number of rotatable bonds is 6. The zero-order valence-corrected chi connectivity index (χ0v) is 17.2. The van der Waals surface area contributed by atoms with Crippen molar-refractivity contribution in [2.45, 2.75) is 26.4 Å². The number of amides is 1. The number of para-hydroxylation sites is 1. The Morgan fingerprint density at radius 3 is 2.66 bits per heavy atom. The van der Waals surface area contributed by atoms with Crippen LogP contribution in [0.1, 0.15) is 22.9 Å². The van der Waals surface area contributed by atoms with Crippen molar-refractivity contribution in [3.05, 3.63) is 71.4 Å². The lowest BCUT2D eigenvalue weighted by molar-refractivity contribution is -0.122. The van der Waals surface area contributed by atoms with Crippen molar-refractivity contribution in [1.82, 2.24) is 14.8 Å². The second-order valence-electron chi connectivity index (χ2n) is 7.81. The van der Waals surface area contributed by atoms with Crippen LogP contribution in [0.25, 0.3) is 10.9 Å². The van der Waals surface area contributed by atoms with Gasteiger partial charge < -0.3 is 14.6 Å². The molecule has 0 saturated carbocycles. The molecule has 5 heteroatoms. The number of nitrogens with zero attached hydrogens (tertiary/aromatic N) is 2. The van der Waals surface area contributed by atoms with Gasteiger partial charge in [-0.15, -0.1) is 0 Å². The molecule has 1 aliphatic rings. The Morgan fingerprint density at radius 1 is 1.07 bits per heavy atom. The molecule has 1 aliphatic heterocycles. The average molecular weight is 392 g/mol. The smallest absolute Gasteiger partial charge is 0.240 e. The Balaban J connectivity index is 1.47. The number of benzene rings is 2. The number of hydrogen-bond acceptors (Lipinski definition) is 3. The quantitative estimate of drug-likeness (QED) is 0.700. The summed E-state index contributed by atoms with van der Waals surface area (Å²) in [5.74, 6) is 0.0420. The predicted molar refractivity (Wildman–Crippen MR) is 116 cm³/mol. The minimum absolute atomic E-state index is 0.0420. The minimum Gasteiger partial charge on any atom is -0.379 e. The second-order valence-corrected chi connectivity index (χ2v) is 7.81. The summed E-state index contributed by atoms with van der Waals surface area (Å²) < 4.78 is 7.61. The first-order chi connectivity index (χ1) is 14.1. The molecule has 4 rings (SSSR count). The number of ether oxygens (including phenoxy) is 1. The number of nitrogens with one attached hydrogen (secondary N) is 1. The van der Waals surface area contributed by atoms with Crippen LogP contribution in [-0.2, 0) is 16.1 Å². The maximum absolute atomic E-state index is 12.8. The normalized spacial score (nSPS) is 16.1. The summed E-state index contributed by atoms with van der Waals surface area (Å²) in [6, 6.07) is 19.1. The molecular formula is C24H29N3O2. The molecule has 0 bridgehead atoms. The van der Waals surface area contributed by atoms with E-state index in [1.54, 1.807) is 0 Å². The lowest BCUT2D eigenvalue weighted by atomic mass is 10.0. The van der Waals surface area contributed by atoms with Gasteiger partial charge in [0.2, 0.25) is 5.91 Å². The Bertz CT molecular complexity index is 989. The molecule has 29 heavy (non-hydrogen) atoms. The van der Waals surface area contributed by atoms with Crippen LogP contribution in [0.15, 0.2) is 54.6 Å². The Labute approximate surface area is 172 Å². The van der Waals surface area contributed by atoms with Gasteiger partial charge in [0.1, 0.15) is 6.54 Å². The highest BCUT2D eigenvalue weighted by molar-refractivity contribution is 5.84. The van der Waals surface area contributed by atoms with Crippen LogP contribution in [0.2, 0.25) is 0 Å². The number of hydrogen-bond donors (Lipinski definition) is 1. The number of aryl methyl sites for hydroxylation is 2. The minimum atomic E-state index is 0.0420. The highest BCUT2D eigenvalue weighted by Crippen LogP contribution is 2.23. The molecule has 1 N–H and O–H groups in total. The van der Waals surface area contributed by atoms with E-state index in [1.807, 2.05) is 12.1 Å². The standard InChI is InChI=1S/C24H29N3O2/c1-18-6-5-8-20(14-18)23(26-10-12-29-13-11-26)16-25-24(28)17-27-19(2)15-21-7-3-4-9-22(21)27/h3-9,14-15,23H,10-13,16-17H2,1-2H3,(H,25,28)/t23-/m1/s1. The Hall–Kier alpha value is -2.63. The maximum Gasteiger partial charge on any atom is 0.240 e. The average Bonchev–Trinajstić information content (AvgIpc) is 3.04. The monoisotopic (exact) mass is 391 g/mol. The summed E-state index contributed by atoms with van der Waals surface area (Å²) in [7, 11) is 0. The fourth-order valence-corrected chi connectivity index (χ4v) is 4.19. The first-order valence-electron chi connectivity index (χ1n) is 10.3. The molecule has 1 saturated heterocycles. The van der Waals surface area contributed by atoms with Crippen LogP contribution in [0, 0.1) is 13.8 Å². The number of carbonyl (C=O) groups excluding carboxylic acids is 1. The molecule has 1 fully saturated rings. The van der Waals surface area contributed by atoms with E-state index in [1.165, 1.54) is 16.5 Å². The van der Waals surface area contributed by atoms with Crippen LogP contribution in [0.5, 0.6) is 0 Å². The van der Waals surface area contributed by atoms with Gasteiger partial charge in [-0.05, 0) is 36.9 Å². The molecule has 0 unspecified atom stereocenters. The van der Waals surface area contributed by atoms with Crippen molar-refractivity contribution in [2.75, 3.05) is 32.8 Å². The molecule has 5 nitrogen and oxygen atoms in total. The maximum atomic E-state index is 12.8. The molecule has 0 spiro atoms. The fourth-order valence-electron chi connectivity index (χ4n) is 4.19. The second kappa shape index (κ2) is 8.80. The predicted octanol–water partition coefficient (Wildman–Crippen LogP) is 3.45. The Morgan fingerprint density at radius 2 is 1.86 bits per heavy atom. The molecule has 1 amide bonds. The van der Waals surface area contributed by atoms with Gasteiger partial charge in [0.05, 0.1) is 19.3 Å². The summed E-state index contributed by atoms with van der Waals surface area (Å²) in [6.45, 7) is 8.35. The third-order valence-electron chi connectivity index (χ3n) is 5.73. The van der Waals surface area contributed by atoms with Crippen LogP contribution in [0.4, 0.5) is 0 Å². The number of aromatic nitrogens is 1. The lowest BCUT2D eigenvalue weighted by Gasteiger charge is -2.35. The van der Waals surface area contributed by atoms with Gasteiger partial charge in [-0.2, -0.15) is 0 Å². The van der Waals surface area contributed by atoms with E-state index in [0.717, 1.165) is 37.5 Å². The molecule has 2 aromatic carbocycles. The van der Waals surface area contributed by atoms with Crippen molar-refractivity contribution in [2.24, 2.45) is 0 Å². The van der Waals surface area contributed by atoms with Crippen LogP contribution in [0.3, 0.4) is 0 Å². The van der Waals surface area contributed by atoms with Crippen LogP contribution >= 0.6 is 0 Å². The van der Waals surface area contributed by atoms with Crippen molar-refractivity contribution in [3.63, 3.8) is 0 Å².